The Morgan fingerprint density at radius 3 is 2.80 bits per heavy atom. The van der Waals surface area contributed by atoms with Crippen LogP contribution in [0.25, 0.3) is 0 Å². The molecule has 0 heterocycles. The predicted octanol–water partition coefficient (Wildman–Crippen LogP) is 2.78. The van der Waals surface area contributed by atoms with Crippen molar-refractivity contribution in [2.24, 2.45) is 10.9 Å². The summed E-state index contributed by atoms with van der Waals surface area (Å²) < 4.78 is 5.49. The van der Waals surface area contributed by atoms with E-state index in [2.05, 4.69) is 27.8 Å². The van der Waals surface area contributed by atoms with Crippen molar-refractivity contribution < 1.29 is 4.74 Å². The molecule has 2 rings (SSSR count). The molecule has 0 saturated heterocycles. The standard InChI is InChI=1S/C15H23N3O.HI/c1-3-19-14-6-4-5-13(9-14)11-18-15(16-2)17-10-12-7-8-12;/h4-6,9,12H,3,7-8,10-11H2,1-2H3,(H2,16,17,18);1H. The van der Waals surface area contributed by atoms with Crippen molar-refractivity contribution in [2.75, 3.05) is 20.2 Å². The van der Waals surface area contributed by atoms with E-state index in [0.717, 1.165) is 30.7 Å². The van der Waals surface area contributed by atoms with E-state index in [-0.39, 0.29) is 24.0 Å². The summed E-state index contributed by atoms with van der Waals surface area (Å²) in [5, 5.41) is 6.67. The molecule has 2 N–H and O–H groups in total. The number of hydrogen-bond donors (Lipinski definition) is 2. The Morgan fingerprint density at radius 2 is 2.15 bits per heavy atom. The molecule has 1 aromatic carbocycles. The van der Waals surface area contributed by atoms with Gasteiger partial charge in [-0.2, -0.15) is 0 Å². The van der Waals surface area contributed by atoms with Crippen LogP contribution >= 0.6 is 24.0 Å². The lowest BCUT2D eigenvalue weighted by Crippen LogP contribution is -2.37. The molecule has 1 fully saturated rings. The summed E-state index contributed by atoms with van der Waals surface area (Å²) in [4.78, 5) is 4.22. The van der Waals surface area contributed by atoms with Gasteiger partial charge in [-0.25, -0.2) is 0 Å². The summed E-state index contributed by atoms with van der Waals surface area (Å²) in [6.07, 6.45) is 2.70. The molecule has 20 heavy (non-hydrogen) atoms. The first-order valence-corrected chi connectivity index (χ1v) is 6.98. The Kier molecular flexibility index (Phi) is 7.72. The van der Waals surface area contributed by atoms with Crippen molar-refractivity contribution in [2.45, 2.75) is 26.3 Å². The van der Waals surface area contributed by atoms with Gasteiger partial charge in [-0.1, -0.05) is 12.1 Å². The fourth-order valence-electron chi connectivity index (χ4n) is 1.88. The minimum atomic E-state index is 0. The smallest absolute Gasteiger partial charge is 0.191 e. The third-order valence-electron chi connectivity index (χ3n) is 3.15. The molecule has 1 saturated carbocycles. The maximum atomic E-state index is 5.49. The van der Waals surface area contributed by atoms with Crippen molar-refractivity contribution in [3.63, 3.8) is 0 Å². The van der Waals surface area contributed by atoms with Crippen LogP contribution in [0.2, 0.25) is 0 Å². The summed E-state index contributed by atoms with van der Waals surface area (Å²) in [7, 11) is 1.80. The van der Waals surface area contributed by atoms with Crippen LogP contribution in [0.4, 0.5) is 0 Å². The quantitative estimate of drug-likeness (QED) is 0.447. The maximum Gasteiger partial charge on any atom is 0.191 e. The van der Waals surface area contributed by atoms with Crippen LogP contribution < -0.4 is 15.4 Å². The molecule has 0 radical (unpaired) electrons. The van der Waals surface area contributed by atoms with Crippen LogP contribution in [-0.2, 0) is 6.54 Å². The number of aliphatic imine (C=N–C) groups is 1. The van der Waals surface area contributed by atoms with Crippen molar-refractivity contribution in [1.82, 2.24) is 10.6 Å². The van der Waals surface area contributed by atoms with E-state index < -0.39 is 0 Å². The summed E-state index contributed by atoms with van der Waals surface area (Å²) in [6, 6.07) is 8.14. The minimum Gasteiger partial charge on any atom is -0.494 e. The fourth-order valence-corrected chi connectivity index (χ4v) is 1.88. The lowest BCUT2D eigenvalue weighted by Gasteiger charge is -2.12. The summed E-state index contributed by atoms with van der Waals surface area (Å²) in [6.45, 7) is 4.47. The third kappa shape index (κ3) is 5.98. The zero-order valence-corrected chi connectivity index (χ0v) is 14.5. The Bertz CT molecular complexity index is 433. The summed E-state index contributed by atoms with van der Waals surface area (Å²) in [5.74, 6) is 2.64. The lowest BCUT2D eigenvalue weighted by atomic mass is 10.2. The van der Waals surface area contributed by atoms with Gasteiger partial charge in [0.1, 0.15) is 5.75 Å². The minimum absolute atomic E-state index is 0. The molecule has 1 aromatic rings. The van der Waals surface area contributed by atoms with Gasteiger partial charge in [0, 0.05) is 20.1 Å². The number of nitrogens with one attached hydrogen (secondary N) is 2. The number of guanidine groups is 1. The molecule has 112 valence electrons. The maximum absolute atomic E-state index is 5.49. The first kappa shape index (κ1) is 17.1. The average molecular weight is 389 g/mol. The molecule has 4 nitrogen and oxygen atoms in total. The number of halogens is 1. The lowest BCUT2D eigenvalue weighted by molar-refractivity contribution is 0.340. The van der Waals surface area contributed by atoms with Crippen LogP contribution in [-0.4, -0.2) is 26.2 Å². The zero-order chi connectivity index (χ0) is 13.5. The Hall–Kier alpha value is -0.980. The molecular weight excluding hydrogens is 365 g/mol. The van der Waals surface area contributed by atoms with E-state index in [1.54, 1.807) is 7.05 Å². The monoisotopic (exact) mass is 389 g/mol. The number of nitrogens with zero attached hydrogens (tertiary/aromatic N) is 1. The number of rotatable bonds is 6. The van der Waals surface area contributed by atoms with Gasteiger partial charge in [-0.05, 0) is 43.4 Å². The van der Waals surface area contributed by atoms with Gasteiger partial charge in [0.15, 0.2) is 5.96 Å². The molecular formula is C15H24IN3O. The molecule has 0 spiro atoms. The molecule has 1 aliphatic rings. The molecule has 0 aromatic heterocycles. The topological polar surface area (TPSA) is 45.6 Å². The van der Waals surface area contributed by atoms with Gasteiger partial charge in [0.05, 0.1) is 6.61 Å². The molecule has 0 amide bonds. The van der Waals surface area contributed by atoms with Crippen LogP contribution in [0.1, 0.15) is 25.3 Å². The second-order valence-electron chi connectivity index (χ2n) is 4.83. The third-order valence-corrected chi connectivity index (χ3v) is 3.15. The molecule has 0 bridgehead atoms. The van der Waals surface area contributed by atoms with Gasteiger partial charge in [0.25, 0.3) is 0 Å². The van der Waals surface area contributed by atoms with E-state index >= 15 is 0 Å². The SMILES string of the molecule is CCOc1cccc(CNC(=NC)NCC2CC2)c1.I. The first-order chi connectivity index (χ1) is 9.31. The first-order valence-electron chi connectivity index (χ1n) is 6.98. The normalized spacial score (nSPS) is 14.4. The zero-order valence-electron chi connectivity index (χ0n) is 12.2. The van der Waals surface area contributed by atoms with Gasteiger partial charge >= 0.3 is 0 Å². The highest BCUT2D eigenvalue weighted by atomic mass is 127. The van der Waals surface area contributed by atoms with Gasteiger partial charge < -0.3 is 15.4 Å². The Morgan fingerprint density at radius 1 is 1.35 bits per heavy atom. The van der Waals surface area contributed by atoms with E-state index in [1.165, 1.54) is 18.4 Å². The second-order valence-corrected chi connectivity index (χ2v) is 4.83. The molecule has 0 unspecified atom stereocenters. The van der Waals surface area contributed by atoms with Crippen molar-refractivity contribution in [1.29, 1.82) is 0 Å². The van der Waals surface area contributed by atoms with Crippen LogP contribution in [0, 0.1) is 5.92 Å². The highest BCUT2D eigenvalue weighted by Gasteiger charge is 2.20. The van der Waals surface area contributed by atoms with Gasteiger partial charge in [0.2, 0.25) is 0 Å². The Balaban J connectivity index is 0.00000200. The summed E-state index contributed by atoms with van der Waals surface area (Å²) in [5.41, 5.74) is 1.19. The van der Waals surface area contributed by atoms with Crippen molar-refractivity contribution >= 4 is 29.9 Å². The highest BCUT2D eigenvalue weighted by Crippen LogP contribution is 2.27. The van der Waals surface area contributed by atoms with E-state index in [9.17, 15) is 0 Å². The van der Waals surface area contributed by atoms with Crippen LogP contribution in [0.5, 0.6) is 5.75 Å². The largest absolute Gasteiger partial charge is 0.494 e. The number of ether oxygens (including phenoxy) is 1. The van der Waals surface area contributed by atoms with Crippen LogP contribution in [0.3, 0.4) is 0 Å². The Labute approximate surface area is 138 Å². The van der Waals surface area contributed by atoms with E-state index in [0.29, 0.717) is 6.61 Å². The van der Waals surface area contributed by atoms with Gasteiger partial charge in [-0.3, -0.25) is 4.99 Å². The van der Waals surface area contributed by atoms with Crippen LogP contribution in [0.15, 0.2) is 29.3 Å². The number of hydrogen-bond acceptors (Lipinski definition) is 2. The number of benzene rings is 1. The van der Waals surface area contributed by atoms with Crippen molar-refractivity contribution in [3.05, 3.63) is 29.8 Å². The van der Waals surface area contributed by atoms with Crippen molar-refractivity contribution in [3.8, 4) is 5.75 Å². The summed E-state index contributed by atoms with van der Waals surface area (Å²) >= 11 is 0. The predicted molar refractivity (Wildman–Crippen MR) is 94.0 cm³/mol. The molecule has 0 aliphatic heterocycles. The fraction of sp³-hybridized carbons (Fsp3) is 0.533. The highest BCUT2D eigenvalue weighted by molar-refractivity contribution is 14.0. The van der Waals surface area contributed by atoms with Gasteiger partial charge in [-0.15, -0.1) is 24.0 Å². The molecule has 0 atom stereocenters. The second kappa shape index (κ2) is 9.05. The molecule has 5 heteroatoms. The van der Waals surface area contributed by atoms with E-state index in [4.69, 9.17) is 4.74 Å². The molecule has 1 aliphatic carbocycles. The van der Waals surface area contributed by atoms with E-state index in [1.807, 2.05) is 19.1 Å². The average Bonchev–Trinajstić information content (AvgIpc) is 3.24.